The summed E-state index contributed by atoms with van der Waals surface area (Å²) in [7, 11) is 1.70. The summed E-state index contributed by atoms with van der Waals surface area (Å²) in [5, 5.41) is 0. The Hall–Kier alpha value is -0.760. The second kappa shape index (κ2) is 2.94. The quantitative estimate of drug-likeness (QED) is 0.713. The Bertz CT molecular complexity index is 342. The molecule has 1 aromatic rings. The average Bonchev–Trinajstić information content (AvgIpc) is 2.54. The highest BCUT2D eigenvalue weighted by molar-refractivity contribution is 9.10. The molecular weight excluding hydrogens is 216 g/mol. The molecule has 0 unspecified atom stereocenters. The van der Waals surface area contributed by atoms with Crippen molar-refractivity contribution < 1.29 is 4.74 Å². The van der Waals surface area contributed by atoms with Crippen molar-refractivity contribution in [3.63, 3.8) is 0 Å². The molecule has 1 aliphatic carbocycles. The molecule has 0 fully saturated rings. The molecule has 0 atom stereocenters. The molecule has 0 radical (unpaired) electrons. The van der Waals surface area contributed by atoms with Crippen LogP contribution in [0, 0.1) is 0 Å². The maximum Gasteiger partial charge on any atom is 0.126 e. The van der Waals surface area contributed by atoms with Gasteiger partial charge >= 0.3 is 0 Å². The molecule has 0 bridgehead atoms. The Kier molecular flexibility index (Phi) is 1.93. The van der Waals surface area contributed by atoms with Gasteiger partial charge in [-0.3, -0.25) is 0 Å². The highest BCUT2D eigenvalue weighted by atomic mass is 79.9. The number of hydrogen-bond acceptors (Lipinski definition) is 1. The summed E-state index contributed by atoms with van der Waals surface area (Å²) >= 11 is 3.52. The summed E-state index contributed by atoms with van der Waals surface area (Å²) in [6.45, 7) is 0. The van der Waals surface area contributed by atoms with Crippen LogP contribution in [0.4, 0.5) is 0 Å². The number of rotatable bonds is 1. The minimum Gasteiger partial charge on any atom is -0.496 e. The number of benzene rings is 1. The summed E-state index contributed by atoms with van der Waals surface area (Å²) < 4.78 is 6.41. The number of ether oxygens (including phenoxy) is 1. The topological polar surface area (TPSA) is 9.23 Å². The van der Waals surface area contributed by atoms with E-state index >= 15 is 0 Å². The fourth-order valence-electron chi connectivity index (χ4n) is 1.48. The molecule has 0 heterocycles. The van der Waals surface area contributed by atoms with E-state index in [4.69, 9.17) is 4.74 Å². The fraction of sp³-hybridized carbons (Fsp3) is 0.200. The van der Waals surface area contributed by atoms with Crippen LogP contribution in [0.3, 0.4) is 0 Å². The number of hydrogen-bond donors (Lipinski definition) is 0. The zero-order valence-electron chi connectivity index (χ0n) is 6.80. The van der Waals surface area contributed by atoms with Crippen molar-refractivity contribution in [2.24, 2.45) is 0 Å². The van der Waals surface area contributed by atoms with E-state index < -0.39 is 0 Å². The molecule has 0 N–H and O–H groups in total. The minimum absolute atomic E-state index is 0.960. The third kappa shape index (κ3) is 1.07. The van der Waals surface area contributed by atoms with Crippen LogP contribution in [0.15, 0.2) is 22.7 Å². The molecule has 0 aromatic heterocycles. The van der Waals surface area contributed by atoms with Gasteiger partial charge in [0.25, 0.3) is 0 Å². The third-order valence-electron chi connectivity index (χ3n) is 2.09. The van der Waals surface area contributed by atoms with E-state index in [1.165, 1.54) is 15.6 Å². The predicted molar refractivity (Wildman–Crippen MR) is 53.4 cm³/mol. The Labute approximate surface area is 80.2 Å². The van der Waals surface area contributed by atoms with Crippen molar-refractivity contribution in [2.45, 2.75) is 6.42 Å². The van der Waals surface area contributed by atoms with Gasteiger partial charge in [0.1, 0.15) is 5.75 Å². The van der Waals surface area contributed by atoms with Crippen LogP contribution >= 0.6 is 15.9 Å². The second-order valence-corrected chi connectivity index (χ2v) is 3.60. The van der Waals surface area contributed by atoms with Gasteiger partial charge in [0.05, 0.1) is 7.11 Å². The second-order valence-electron chi connectivity index (χ2n) is 2.75. The molecule has 1 nitrogen and oxygen atoms in total. The minimum atomic E-state index is 0.960. The molecule has 0 amide bonds. The summed E-state index contributed by atoms with van der Waals surface area (Å²) in [5.74, 6) is 0.960. The van der Waals surface area contributed by atoms with Gasteiger partial charge in [-0.05, 0) is 24.1 Å². The van der Waals surface area contributed by atoms with Crippen molar-refractivity contribution >= 4 is 22.0 Å². The highest BCUT2D eigenvalue weighted by Crippen LogP contribution is 2.34. The van der Waals surface area contributed by atoms with Crippen molar-refractivity contribution in [3.8, 4) is 5.75 Å². The number of methoxy groups -OCH3 is 1. The SMILES string of the molecule is COc1ccc(Br)c2c1C=CC2. The summed E-state index contributed by atoms with van der Waals surface area (Å²) in [4.78, 5) is 0. The Morgan fingerprint density at radius 2 is 2.25 bits per heavy atom. The molecular formula is C10H9BrO. The fourth-order valence-corrected chi connectivity index (χ4v) is 1.99. The van der Waals surface area contributed by atoms with Gasteiger partial charge < -0.3 is 4.74 Å². The van der Waals surface area contributed by atoms with Crippen molar-refractivity contribution in [3.05, 3.63) is 33.8 Å². The van der Waals surface area contributed by atoms with Crippen LogP contribution in [-0.4, -0.2) is 7.11 Å². The maximum atomic E-state index is 5.24. The van der Waals surface area contributed by atoms with Gasteiger partial charge in [0.2, 0.25) is 0 Å². The smallest absolute Gasteiger partial charge is 0.126 e. The summed E-state index contributed by atoms with van der Waals surface area (Å²) in [6.07, 6.45) is 5.27. The summed E-state index contributed by atoms with van der Waals surface area (Å²) in [5.41, 5.74) is 2.54. The lowest BCUT2D eigenvalue weighted by Crippen LogP contribution is -1.90. The number of fused-ring (bicyclic) bond motifs is 1. The van der Waals surface area contributed by atoms with Crippen molar-refractivity contribution in [1.82, 2.24) is 0 Å². The largest absolute Gasteiger partial charge is 0.496 e. The van der Waals surface area contributed by atoms with E-state index in [-0.39, 0.29) is 0 Å². The van der Waals surface area contributed by atoms with E-state index in [1.54, 1.807) is 7.11 Å². The molecule has 1 aromatic carbocycles. The van der Waals surface area contributed by atoms with Gasteiger partial charge in [-0.15, -0.1) is 0 Å². The number of halogens is 1. The molecule has 1 aliphatic rings. The standard InChI is InChI=1S/C10H9BrO/c1-12-10-6-5-9(11)7-3-2-4-8(7)10/h2,4-6H,3H2,1H3. The first kappa shape index (κ1) is 7.87. The van der Waals surface area contributed by atoms with Crippen LogP contribution in [0.1, 0.15) is 11.1 Å². The van der Waals surface area contributed by atoms with Crippen molar-refractivity contribution in [1.29, 1.82) is 0 Å². The van der Waals surface area contributed by atoms with E-state index in [1.807, 2.05) is 12.1 Å². The lowest BCUT2D eigenvalue weighted by atomic mass is 10.1. The number of allylic oxidation sites excluding steroid dienone is 1. The van der Waals surface area contributed by atoms with Gasteiger partial charge in [0.15, 0.2) is 0 Å². The highest BCUT2D eigenvalue weighted by Gasteiger charge is 2.12. The van der Waals surface area contributed by atoms with Gasteiger partial charge in [-0.2, -0.15) is 0 Å². The lowest BCUT2D eigenvalue weighted by molar-refractivity contribution is 0.413. The molecule has 2 rings (SSSR count). The first-order chi connectivity index (χ1) is 5.83. The van der Waals surface area contributed by atoms with E-state index in [0.717, 1.165) is 12.2 Å². The molecule has 0 spiro atoms. The van der Waals surface area contributed by atoms with Crippen LogP contribution in [0.5, 0.6) is 5.75 Å². The monoisotopic (exact) mass is 224 g/mol. The van der Waals surface area contributed by atoms with E-state index in [0.29, 0.717) is 0 Å². The van der Waals surface area contributed by atoms with Crippen molar-refractivity contribution in [2.75, 3.05) is 7.11 Å². The van der Waals surface area contributed by atoms with Crippen LogP contribution in [0.25, 0.3) is 6.08 Å². The van der Waals surface area contributed by atoms with Gasteiger partial charge in [-0.25, -0.2) is 0 Å². The normalized spacial score (nSPS) is 13.2. The lowest BCUT2D eigenvalue weighted by Gasteiger charge is -2.07. The predicted octanol–water partition coefficient (Wildman–Crippen LogP) is 3.03. The summed E-state index contributed by atoms with van der Waals surface area (Å²) in [6, 6.07) is 4.02. The average molecular weight is 225 g/mol. The van der Waals surface area contributed by atoms with Gasteiger partial charge in [0, 0.05) is 10.0 Å². The van der Waals surface area contributed by atoms with Gasteiger partial charge in [-0.1, -0.05) is 28.1 Å². The molecule has 0 aliphatic heterocycles. The zero-order valence-corrected chi connectivity index (χ0v) is 8.39. The third-order valence-corrected chi connectivity index (χ3v) is 2.83. The molecule has 12 heavy (non-hydrogen) atoms. The Morgan fingerprint density at radius 3 is 3.00 bits per heavy atom. The maximum absolute atomic E-state index is 5.24. The van der Waals surface area contributed by atoms with E-state index in [2.05, 4.69) is 28.1 Å². The zero-order chi connectivity index (χ0) is 8.55. The van der Waals surface area contributed by atoms with E-state index in [9.17, 15) is 0 Å². The molecule has 0 saturated heterocycles. The first-order valence-electron chi connectivity index (χ1n) is 3.85. The van der Waals surface area contributed by atoms with Crippen LogP contribution in [-0.2, 0) is 6.42 Å². The molecule has 2 heteroatoms. The Balaban J connectivity index is 2.62. The van der Waals surface area contributed by atoms with Crippen LogP contribution < -0.4 is 4.74 Å². The Morgan fingerprint density at radius 1 is 1.42 bits per heavy atom. The molecule has 62 valence electrons. The first-order valence-corrected chi connectivity index (χ1v) is 4.64. The van der Waals surface area contributed by atoms with Crippen LogP contribution in [0.2, 0.25) is 0 Å². The molecule has 0 saturated carbocycles.